The molecule has 0 spiro atoms. The van der Waals surface area contributed by atoms with Crippen LogP contribution in [-0.4, -0.2) is 50.5 Å². The fourth-order valence-corrected chi connectivity index (χ4v) is 2.99. The molecular formula is C18H28BrNO2. The van der Waals surface area contributed by atoms with Crippen LogP contribution in [0.15, 0.2) is 28.7 Å². The van der Waals surface area contributed by atoms with E-state index in [1.54, 1.807) is 0 Å². The van der Waals surface area contributed by atoms with Gasteiger partial charge in [0.25, 0.3) is 0 Å². The molecule has 22 heavy (non-hydrogen) atoms. The van der Waals surface area contributed by atoms with Crippen molar-refractivity contribution in [3.8, 4) is 0 Å². The van der Waals surface area contributed by atoms with Crippen molar-refractivity contribution in [3.63, 3.8) is 0 Å². The standard InChI is InChI=1S/C18H28BrNO2/c1-2-3-4-18(15-20-10-13-21-14-11-20)22-12-9-16-5-7-17(19)8-6-16/h5-8,18H,2-4,9-15H2,1H3. The number of unbranched alkanes of at least 4 members (excludes halogenated alkanes) is 1. The molecule has 1 aromatic rings. The molecule has 0 radical (unpaired) electrons. The molecule has 4 heteroatoms. The largest absolute Gasteiger partial charge is 0.379 e. The van der Waals surface area contributed by atoms with Crippen LogP contribution in [0.25, 0.3) is 0 Å². The van der Waals surface area contributed by atoms with Crippen LogP contribution in [0.3, 0.4) is 0 Å². The van der Waals surface area contributed by atoms with Crippen LogP contribution in [0.1, 0.15) is 31.7 Å². The summed E-state index contributed by atoms with van der Waals surface area (Å²) in [6.45, 7) is 7.90. The van der Waals surface area contributed by atoms with E-state index in [2.05, 4.69) is 52.0 Å². The third-order valence-electron chi connectivity index (χ3n) is 4.10. The van der Waals surface area contributed by atoms with E-state index < -0.39 is 0 Å². The maximum Gasteiger partial charge on any atom is 0.0702 e. The van der Waals surface area contributed by atoms with Crippen molar-refractivity contribution in [1.29, 1.82) is 0 Å². The first-order valence-corrected chi connectivity index (χ1v) is 9.23. The molecule has 1 unspecified atom stereocenters. The average Bonchev–Trinajstić information content (AvgIpc) is 2.55. The zero-order chi connectivity index (χ0) is 15.6. The Bertz CT molecular complexity index is 404. The van der Waals surface area contributed by atoms with Crippen LogP contribution in [0.5, 0.6) is 0 Å². The first-order valence-electron chi connectivity index (χ1n) is 8.44. The lowest BCUT2D eigenvalue weighted by molar-refractivity contribution is -0.0146. The van der Waals surface area contributed by atoms with Gasteiger partial charge in [-0.15, -0.1) is 0 Å². The number of hydrogen-bond acceptors (Lipinski definition) is 3. The Hall–Kier alpha value is -0.420. The van der Waals surface area contributed by atoms with Crippen molar-refractivity contribution in [1.82, 2.24) is 4.90 Å². The van der Waals surface area contributed by atoms with Crippen molar-refractivity contribution >= 4 is 15.9 Å². The Labute approximate surface area is 143 Å². The minimum Gasteiger partial charge on any atom is -0.379 e. The zero-order valence-electron chi connectivity index (χ0n) is 13.6. The molecule has 0 N–H and O–H groups in total. The molecule has 1 aromatic carbocycles. The topological polar surface area (TPSA) is 21.7 Å². The van der Waals surface area contributed by atoms with Crippen molar-refractivity contribution in [2.75, 3.05) is 39.5 Å². The smallest absolute Gasteiger partial charge is 0.0702 e. The monoisotopic (exact) mass is 369 g/mol. The third kappa shape index (κ3) is 6.78. The summed E-state index contributed by atoms with van der Waals surface area (Å²) in [5.41, 5.74) is 1.34. The van der Waals surface area contributed by atoms with Gasteiger partial charge in [-0.1, -0.05) is 47.8 Å². The third-order valence-corrected chi connectivity index (χ3v) is 4.63. The molecule has 124 valence electrons. The number of morpholine rings is 1. The molecule has 1 saturated heterocycles. The molecule has 0 aliphatic carbocycles. The van der Waals surface area contributed by atoms with E-state index >= 15 is 0 Å². The second-order valence-corrected chi connectivity index (χ2v) is 6.84. The van der Waals surface area contributed by atoms with Crippen molar-refractivity contribution in [3.05, 3.63) is 34.3 Å². The van der Waals surface area contributed by atoms with E-state index in [1.807, 2.05) is 0 Å². The Kier molecular flexibility index (Phi) is 8.45. The second-order valence-electron chi connectivity index (χ2n) is 5.92. The Morgan fingerprint density at radius 2 is 1.95 bits per heavy atom. The summed E-state index contributed by atoms with van der Waals surface area (Å²) >= 11 is 3.47. The van der Waals surface area contributed by atoms with Gasteiger partial charge in [0.2, 0.25) is 0 Å². The number of rotatable bonds is 9. The van der Waals surface area contributed by atoms with Gasteiger partial charge in [0.1, 0.15) is 0 Å². The number of hydrogen-bond donors (Lipinski definition) is 0. The Balaban J connectivity index is 1.74. The maximum atomic E-state index is 6.19. The van der Waals surface area contributed by atoms with Gasteiger partial charge in [-0.2, -0.15) is 0 Å². The highest BCUT2D eigenvalue weighted by molar-refractivity contribution is 9.10. The van der Waals surface area contributed by atoms with Crippen LogP contribution in [0.4, 0.5) is 0 Å². The molecule has 1 aliphatic rings. The lowest BCUT2D eigenvalue weighted by Crippen LogP contribution is -2.41. The van der Waals surface area contributed by atoms with E-state index in [-0.39, 0.29) is 0 Å². The summed E-state index contributed by atoms with van der Waals surface area (Å²) in [6, 6.07) is 8.52. The first-order chi connectivity index (χ1) is 10.8. The summed E-state index contributed by atoms with van der Waals surface area (Å²) < 4.78 is 12.7. The van der Waals surface area contributed by atoms with Gasteiger partial charge in [0.05, 0.1) is 25.9 Å². The van der Waals surface area contributed by atoms with Gasteiger partial charge < -0.3 is 9.47 Å². The van der Waals surface area contributed by atoms with Gasteiger partial charge in [-0.3, -0.25) is 4.90 Å². The van der Waals surface area contributed by atoms with Gasteiger partial charge in [-0.25, -0.2) is 0 Å². The Morgan fingerprint density at radius 3 is 2.64 bits per heavy atom. The van der Waals surface area contributed by atoms with Crippen LogP contribution < -0.4 is 0 Å². The minimum absolute atomic E-state index is 0.355. The molecule has 1 atom stereocenters. The number of nitrogens with zero attached hydrogens (tertiary/aromatic N) is 1. The zero-order valence-corrected chi connectivity index (χ0v) is 15.2. The van der Waals surface area contributed by atoms with Gasteiger partial charge in [-0.05, 0) is 30.5 Å². The number of ether oxygens (including phenoxy) is 2. The summed E-state index contributed by atoms with van der Waals surface area (Å²) in [5.74, 6) is 0. The van der Waals surface area contributed by atoms with Gasteiger partial charge >= 0.3 is 0 Å². The lowest BCUT2D eigenvalue weighted by Gasteiger charge is -2.30. The average molecular weight is 370 g/mol. The van der Waals surface area contributed by atoms with Gasteiger partial charge in [0, 0.05) is 24.1 Å². The van der Waals surface area contributed by atoms with Crippen molar-refractivity contribution in [2.24, 2.45) is 0 Å². The summed E-state index contributed by atoms with van der Waals surface area (Å²) in [6.07, 6.45) is 4.98. The maximum absolute atomic E-state index is 6.19. The van der Waals surface area contributed by atoms with Crippen LogP contribution >= 0.6 is 15.9 Å². The van der Waals surface area contributed by atoms with E-state index in [0.717, 1.165) is 56.8 Å². The van der Waals surface area contributed by atoms with Crippen molar-refractivity contribution < 1.29 is 9.47 Å². The molecular weight excluding hydrogens is 342 g/mol. The lowest BCUT2D eigenvalue weighted by atomic mass is 10.1. The molecule has 0 saturated carbocycles. The van der Waals surface area contributed by atoms with Crippen LogP contribution in [0, 0.1) is 0 Å². The van der Waals surface area contributed by atoms with E-state index in [9.17, 15) is 0 Å². The van der Waals surface area contributed by atoms with E-state index in [1.165, 1.54) is 18.4 Å². The highest BCUT2D eigenvalue weighted by Crippen LogP contribution is 2.13. The molecule has 1 aliphatic heterocycles. The summed E-state index contributed by atoms with van der Waals surface area (Å²) in [7, 11) is 0. The highest BCUT2D eigenvalue weighted by atomic mass is 79.9. The van der Waals surface area contributed by atoms with Crippen molar-refractivity contribution in [2.45, 2.75) is 38.7 Å². The molecule has 1 fully saturated rings. The summed E-state index contributed by atoms with van der Waals surface area (Å²) in [4.78, 5) is 2.48. The quantitative estimate of drug-likeness (QED) is 0.658. The highest BCUT2D eigenvalue weighted by Gasteiger charge is 2.16. The Morgan fingerprint density at radius 1 is 1.23 bits per heavy atom. The molecule has 1 heterocycles. The molecule has 0 amide bonds. The van der Waals surface area contributed by atoms with Crippen LogP contribution in [-0.2, 0) is 15.9 Å². The first kappa shape index (κ1) is 17.9. The van der Waals surface area contributed by atoms with Gasteiger partial charge in [0.15, 0.2) is 0 Å². The number of halogens is 1. The molecule has 0 bridgehead atoms. The SMILES string of the molecule is CCCCC(CN1CCOCC1)OCCc1ccc(Br)cc1. The minimum atomic E-state index is 0.355. The molecule has 2 rings (SSSR count). The number of benzene rings is 1. The summed E-state index contributed by atoms with van der Waals surface area (Å²) in [5, 5.41) is 0. The molecule has 3 nitrogen and oxygen atoms in total. The predicted molar refractivity (Wildman–Crippen MR) is 94.4 cm³/mol. The predicted octanol–water partition coefficient (Wildman–Crippen LogP) is 3.90. The molecule has 0 aromatic heterocycles. The van der Waals surface area contributed by atoms with Crippen LogP contribution in [0.2, 0.25) is 0 Å². The fraction of sp³-hybridized carbons (Fsp3) is 0.667. The normalized spacial score (nSPS) is 17.5. The van der Waals surface area contributed by atoms with E-state index in [4.69, 9.17) is 9.47 Å². The van der Waals surface area contributed by atoms with E-state index in [0.29, 0.717) is 6.10 Å². The fourth-order valence-electron chi connectivity index (χ4n) is 2.73. The second kappa shape index (κ2) is 10.4.